The van der Waals surface area contributed by atoms with Crippen LogP contribution in [0.1, 0.15) is 49.1 Å². The van der Waals surface area contributed by atoms with Gasteiger partial charge in [-0.15, -0.1) is 11.3 Å². The molecule has 108 valence electrons. The summed E-state index contributed by atoms with van der Waals surface area (Å²) in [5, 5.41) is 10.8. The molecule has 0 amide bonds. The number of benzene rings is 1. The van der Waals surface area contributed by atoms with Crippen molar-refractivity contribution in [2.45, 2.75) is 45.8 Å². The zero-order valence-electron chi connectivity index (χ0n) is 12.4. The van der Waals surface area contributed by atoms with E-state index in [1.807, 2.05) is 18.2 Å². The van der Waals surface area contributed by atoms with E-state index in [9.17, 15) is 5.11 Å². The zero-order chi connectivity index (χ0) is 14.8. The topological polar surface area (TPSA) is 42.4 Å². The SMILES string of the molecule is CC(C)c1ccccc1OCc1ncc(C(C)(C)O)s1. The maximum atomic E-state index is 9.93. The molecule has 0 bridgehead atoms. The first-order valence-corrected chi connectivity index (χ1v) is 7.59. The van der Waals surface area contributed by atoms with Gasteiger partial charge in [-0.2, -0.15) is 0 Å². The molecule has 1 heterocycles. The second-order valence-electron chi connectivity index (χ2n) is 5.66. The number of ether oxygens (including phenoxy) is 1. The van der Waals surface area contributed by atoms with Crippen molar-refractivity contribution in [3.63, 3.8) is 0 Å². The van der Waals surface area contributed by atoms with Crippen molar-refractivity contribution < 1.29 is 9.84 Å². The summed E-state index contributed by atoms with van der Waals surface area (Å²) in [5.41, 5.74) is 0.359. The van der Waals surface area contributed by atoms with Gasteiger partial charge in [0.25, 0.3) is 0 Å². The maximum absolute atomic E-state index is 9.93. The van der Waals surface area contributed by atoms with Crippen LogP contribution in [0.5, 0.6) is 5.75 Å². The first-order valence-electron chi connectivity index (χ1n) is 6.77. The first kappa shape index (κ1) is 15.0. The van der Waals surface area contributed by atoms with Crippen molar-refractivity contribution in [3.8, 4) is 5.75 Å². The summed E-state index contributed by atoms with van der Waals surface area (Å²) in [6.07, 6.45) is 1.72. The number of nitrogens with zero attached hydrogens (tertiary/aromatic N) is 1. The Hall–Kier alpha value is -1.39. The number of hydrogen-bond donors (Lipinski definition) is 1. The van der Waals surface area contributed by atoms with Crippen LogP contribution in [0, 0.1) is 0 Å². The van der Waals surface area contributed by atoms with Crippen LogP contribution < -0.4 is 4.74 Å². The van der Waals surface area contributed by atoms with Gasteiger partial charge in [0.1, 0.15) is 17.4 Å². The Balaban J connectivity index is 2.08. The minimum absolute atomic E-state index is 0.425. The molecule has 0 atom stereocenters. The van der Waals surface area contributed by atoms with Crippen LogP contribution in [0.3, 0.4) is 0 Å². The molecule has 1 aromatic heterocycles. The van der Waals surface area contributed by atoms with Gasteiger partial charge in [0, 0.05) is 6.20 Å². The van der Waals surface area contributed by atoms with E-state index in [4.69, 9.17) is 4.74 Å². The number of hydrogen-bond acceptors (Lipinski definition) is 4. The molecule has 2 rings (SSSR count). The van der Waals surface area contributed by atoms with Crippen LogP contribution in [0.4, 0.5) is 0 Å². The van der Waals surface area contributed by atoms with Crippen molar-refractivity contribution in [3.05, 3.63) is 45.9 Å². The molecule has 0 saturated heterocycles. The Kier molecular flexibility index (Phi) is 4.45. The average Bonchev–Trinajstić information content (AvgIpc) is 2.85. The smallest absolute Gasteiger partial charge is 0.140 e. The van der Waals surface area contributed by atoms with E-state index < -0.39 is 5.60 Å². The quantitative estimate of drug-likeness (QED) is 0.903. The third-order valence-corrected chi connectivity index (χ3v) is 4.33. The molecule has 3 nitrogen and oxygen atoms in total. The third-order valence-electron chi connectivity index (χ3n) is 3.05. The highest BCUT2D eigenvalue weighted by molar-refractivity contribution is 7.11. The summed E-state index contributed by atoms with van der Waals surface area (Å²) in [5.74, 6) is 1.33. The van der Waals surface area contributed by atoms with Gasteiger partial charge < -0.3 is 9.84 Å². The van der Waals surface area contributed by atoms with Gasteiger partial charge >= 0.3 is 0 Å². The number of aromatic nitrogens is 1. The first-order chi connectivity index (χ1) is 9.38. The van der Waals surface area contributed by atoms with Gasteiger partial charge in [-0.25, -0.2) is 4.98 Å². The summed E-state index contributed by atoms with van der Waals surface area (Å²) in [7, 11) is 0. The lowest BCUT2D eigenvalue weighted by Crippen LogP contribution is -2.12. The lowest BCUT2D eigenvalue weighted by molar-refractivity contribution is 0.0823. The molecule has 1 aromatic carbocycles. The van der Waals surface area contributed by atoms with Crippen molar-refractivity contribution >= 4 is 11.3 Å². The minimum Gasteiger partial charge on any atom is -0.486 e. The standard InChI is InChI=1S/C16H21NO2S/c1-11(2)12-7-5-6-8-13(12)19-10-15-17-9-14(20-15)16(3,4)18/h5-9,11,18H,10H2,1-4H3. The fourth-order valence-corrected chi connectivity index (χ4v) is 2.72. The average molecular weight is 291 g/mol. The van der Waals surface area contributed by atoms with Crippen LogP contribution in [-0.2, 0) is 12.2 Å². The van der Waals surface area contributed by atoms with Gasteiger partial charge in [0.15, 0.2) is 0 Å². The molecule has 0 aliphatic carbocycles. The van der Waals surface area contributed by atoms with Gasteiger partial charge in [0.2, 0.25) is 0 Å². The number of rotatable bonds is 5. The number of thiazole rings is 1. The van der Waals surface area contributed by atoms with E-state index in [2.05, 4.69) is 24.9 Å². The molecule has 0 aliphatic rings. The lowest BCUT2D eigenvalue weighted by atomic mass is 10.0. The predicted molar refractivity (Wildman–Crippen MR) is 82.2 cm³/mol. The van der Waals surface area contributed by atoms with E-state index in [1.165, 1.54) is 16.9 Å². The minimum atomic E-state index is -0.842. The molecule has 0 radical (unpaired) electrons. The maximum Gasteiger partial charge on any atom is 0.140 e. The number of aliphatic hydroxyl groups is 1. The van der Waals surface area contributed by atoms with Crippen molar-refractivity contribution in [1.82, 2.24) is 4.98 Å². The Morgan fingerprint density at radius 3 is 2.60 bits per heavy atom. The molecule has 1 N–H and O–H groups in total. The van der Waals surface area contributed by atoms with Crippen molar-refractivity contribution in [1.29, 1.82) is 0 Å². The summed E-state index contributed by atoms with van der Waals surface area (Å²) in [6.45, 7) is 8.26. The second kappa shape index (κ2) is 5.94. The fraction of sp³-hybridized carbons (Fsp3) is 0.438. The summed E-state index contributed by atoms with van der Waals surface area (Å²) >= 11 is 1.49. The van der Waals surface area contributed by atoms with Crippen molar-refractivity contribution in [2.24, 2.45) is 0 Å². The molecule has 4 heteroatoms. The second-order valence-corrected chi connectivity index (χ2v) is 6.77. The van der Waals surface area contributed by atoms with Gasteiger partial charge in [-0.1, -0.05) is 32.0 Å². The molecule has 0 saturated carbocycles. The van der Waals surface area contributed by atoms with Crippen LogP contribution in [0.15, 0.2) is 30.5 Å². The molecule has 0 unspecified atom stereocenters. The predicted octanol–water partition coefficient (Wildman–Crippen LogP) is 4.07. The fourth-order valence-electron chi connectivity index (χ4n) is 1.89. The van der Waals surface area contributed by atoms with Crippen LogP contribution in [-0.4, -0.2) is 10.1 Å². The Morgan fingerprint density at radius 1 is 1.30 bits per heavy atom. The summed E-state index contributed by atoms with van der Waals surface area (Å²) in [4.78, 5) is 5.16. The highest BCUT2D eigenvalue weighted by atomic mass is 32.1. The van der Waals surface area contributed by atoms with E-state index in [0.717, 1.165) is 15.6 Å². The van der Waals surface area contributed by atoms with E-state index in [-0.39, 0.29) is 0 Å². The highest BCUT2D eigenvalue weighted by Crippen LogP contribution is 2.29. The summed E-state index contributed by atoms with van der Waals surface area (Å²) < 4.78 is 5.88. The van der Waals surface area contributed by atoms with Gasteiger partial charge in [-0.05, 0) is 31.4 Å². The molecule has 0 spiro atoms. The Bertz CT molecular complexity index is 570. The molecule has 20 heavy (non-hydrogen) atoms. The van der Waals surface area contributed by atoms with Crippen LogP contribution in [0.25, 0.3) is 0 Å². The van der Waals surface area contributed by atoms with Crippen LogP contribution >= 0.6 is 11.3 Å². The monoisotopic (exact) mass is 291 g/mol. The Morgan fingerprint density at radius 2 is 2.00 bits per heavy atom. The van der Waals surface area contributed by atoms with E-state index in [1.54, 1.807) is 20.0 Å². The van der Waals surface area contributed by atoms with Crippen molar-refractivity contribution in [2.75, 3.05) is 0 Å². The highest BCUT2D eigenvalue weighted by Gasteiger charge is 2.19. The van der Waals surface area contributed by atoms with Gasteiger partial charge in [-0.3, -0.25) is 0 Å². The zero-order valence-corrected chi connectivity index (χ0v) is 13.2. The van der Waals surface area contributed by atoms with E-state index >= 15 is 0 Å². The van der Waals surface area contributed by atoms with Crippen LogP contribution in [0.2, 0.25) is 0 Å². The largest absolute Gasteiger partial charge is 0.486 e. The molecular weight excluding hydrogens is 270 g/mol. The molecule has 0 fully saturated rings. The Labute approximate surface area is 124 Å². The molecular formula is C16H21NO2S. The molecule has 2 aromatic rings. The molecule has 0 aliphatic heterocycles. The van der Waals surface area contributed by atoms with Gasteiger partial charge in [0.05, 0.1) is 10.5 Å². The number of para-hydroxylation sites is 1. The normalized spacial score (nSPS) is 11.9. The lowest BCUT2D eigenvalue weighted by Gasteiger charge is -2.14. The van der Waals surface area contributed by atoms with E-state index in [0.29, 0.717) is 12.5 Å². The third kappa shape index (κ3) is 3.58. The summed E-state index contributed by atoms with van der Waals surface area (Å²) in [6, 6.07) is 8.08.